The number of ether oxygens (including phenoxy) is 1. The lowest BCUT2D eigenvalue weighted by atomic mass is 10.2. The van der Waals surface area contributed by atoms with E-state index in [2.05, 4.69) is 11.9 Å². The highest BCUT2D eigenvalue weighted by Crippen LogP contribution is 2.27. The normalized spacial score (nSPS) is 10.2. The summed E-state index contributed by atoms with van der Waals surface area (Å²) in [6, 6.07) is 9.82. The van der Waals surface area contributed by atoms with Gasteiger partial charge >= 0.3 is 0 Å². The van der Waals surface area contributed by atoms with Crippen LogP contribution in [0.5, 0.6) is 11.6 Å². The molecule has 2 aromatic rings. The van der Waals surface area contributed by atoms with Gasteiger partial charge < -0.3 is 10.5 Å². The number of nitrogen functional groups attached to an aromatic ring is 1. The lowest BCUT2D eigenvalue weighted by Gasteiger charge is -2.09. The monoisotopic (exact) mass is 228 g/mol. The van der Waals surface area contributed by atoms with Gasteiger partial charge in [0, 0.05) is 6.20 Å². The van der Waals surface area contributed by atoms with Gasteiger partial charge in [-0.25, -0.2) is 4.98 Å². The highest BCUT2D eigenvalue weighted by Gasteiger charge is 2.05. The molecule has 0 fully saturated rings. The maximum absolute atomic E-state index is 5.90. The number of anilines is 1. The topological polar surface area (TPSA) is 48.1 Å². The Hall–Kier alpha value is -2.03. The highest BCUT2D eigenvalue weighted by atomic mass is 16.5. The van der Waals surface area contributed by atoms with E-state index in [0.29, 0.717) is 11.6 Å². The van der Waals surface area contributed by atoms with Gasteiger partial charge in [0.1, 0.15) is 5.75 Å². The summed E-state index contributed by atoms with van der Waals surface area (Å²) in [6.07, 6.45) is 2.71. The molecule has 0 radical (unpaired) electrons. The van der Waals surface area contributed by atoms with E-state index in [-0.39, 0.29) is 0 Å². The second kappa shape index (κ2) is 4.87. The van der Waals surface area contributed by atoms with Crippen LogP contribution in [-0.2, 0) is 6.42 Å². The molecule has 1 aromatic carbocycles. The molecule has 0 saturated carbocycles. The van der Waals surface area contributed by atoms with Crippen LogP contribution in [-0.4, -0.2) is 4.98 Å². The fourth-order valence-corrected chi connectivity index (χ4v) is 1.53. The Balaban J connectivity index is 2.22. The van der Waals surface area contributed by atoms with E-state index in [9.17, 15) is 0 Å². The lowest BCUT2D eigenvalue weighted by molar-refractivity contribution is 0.465. The average Bonchev–Trinajstić information content (AvgIpc) is 2.36. The van der Waals surface area contributed by atoms with Crippen LogP contribution in [0.15, 0.2) is 36.5 Å². The van der Waals surface area contributed by atoms with Gasteiger partial charge in [-0.1, -0.05) is 19.1 Å². The standard InChI is InChI=1S/C14H16N2O/c1-3-11-4-6-12(7-5-11)17-14-13(15)10(2)8-9-16-14/h4-9H,3,15H2,1-2H3. The highest BCUT2D eigenvalue weighted by molar-refractivity contribution is 5.55. The second-order valence-electron chi connectivity index (χ2n) is 3.95. The molecule has 2 rings (SSSR count). The summed E-state index contributed by atoms with van der Waals surface area (Å²) in [5, 5.41) is 0. The van der Waals surface area contributed by atoms with E-state index in [1.54, 1.807) is 6.20 Å². The molecule has 2 N–H and O–H groups in total. The molecule has 0 bridgehead atoms. The molecule has 17 heavy (non-hydrogen) atoms. The summed E-state index contributed by atoms with van der Waals surface area (Å²) in [5.41, 5.74) is 8.74. The van der Waals surface area contributed by atoms with Gasteiger partial charge in [-0.2, -0.15) is 0 Å². The molecule has 1 aromatic heterocycles. The molecule has 3 heteroatoms. The summed E-state index contributed by atoms with van der Waals surface area (Å²) in [7, 11) is 0. The van der Waals surface area contributed by atoms with E-state index < -0.39 is 0 Å². The van der Waals surface area contributed by atoms with Gasteiger partial charge in [-0.15, -0.1) is 0 Å². The number of aromatic nitrogens is 1. The van der Waals surface area contributed by atoms with Crippen molar-refractivity contribution in [3.63, 3.8) is 0 Å². The number of nitrogens with two attached hydrogens (primary N) is 1. The molecule has 0 amide bonds. The summed E-state index contributed by atoms with van der Waals surface area (Å²) < 4.78 is 5.65. The molecule has 0 unspecified atom stereocenters. The molecule has 0 aliphatic carbocycles. The number of nitrogens with zero attached hydrogens (tertiary/aromatic N) is 1. The van der Waals surface area contributed by atoms with Crippen molar-refractivity contribution in [2.24, 2.45) is 0 Å². The maximum atomic E-state index is 5.90. The van der Waals surface area contributed by atoms with Gasteiger partial charge in [0.15, 0.2) is 0 Å². The number of hydrogen-bond donors (Lipinski definition) is 1. The number of rotatable bonds is 3. The van der Waals surface area contributed by atoms with Crippen LogP contribution < -0.4 is 10.5 Å². The average molecular weight is 228 g/mol. The van der Waals surface area contributed by atoms with Crippen molar-refractivity contribution >= 4 is 5.69 Å². The smallest absolute Gasteiger partial charge is 0.242 e. The minimum Gasteiger partial charge on any atom is -0.437 e. The van der Waals surface area contributed by atoms with Crippen molar-refractivity contribution in [2.75, 3.05) is 5.73 Å². The molecule has 0 spiro atoms. The van der Waals surface area contributed by atoms with Crippen molar-refractivity contribution < 1.29 is 4.74 Å². The van der Waals surface area contributed by atoms with Crippen molar-refractivity contribution in [1.82, 2.24) is 4.98 Å². The predicted molar refractivity (Wildman–Crippen MR) is 69.3 cm³/mol. The molecule has 3 nitrogen and oxygen atoms in total. The zero-order valence-corrected chi connectivity index (χ0v) is 10.1. The zero-order valence-electron chi connectivity index (χ0n) is 10.1. The van der Waals surface area contributed by atoms with Crippen molar-refractivity contribution in [2.45, 2.75) is 20.3 Å². The number of aryl methyl sites for hydroxylation is 2. The lowest BCUT2D eigenvalue weighted by Crippen LogP contribution is -1.97. The molecule has 0 saturated heterocycles. The largest absolute Gasteiger partial charge is 0.437 e. The zero-order chi connectivity index (χ0) is 12.3. The van der Waals surface area contributed by atoms with Crippen molar-refractivity contribution in [1.29, 1.82) is 0 Å². The van der Waals surface area contributed by atoms with Gasteiger partial charge in [0.25, 0.3) is 0 Å². The van der Waals surface area contributed by atoms with E-state index >= 15 is 0 Å². The summed E-state index contributed by atoms with van der Waals surface area (Å²) in [6.45, 7) is 4.06. The van der Waals surface area contributed by atoms with E-state index in [0.717, 1.165) is 17.7 Å². The van der Waals surface area contributed by atoms with E-state index in [4.69, 9.17) is 10.5 Å². The third-order valence-electron chi connectivity index (χ3n) is 2.72. The van der Waals surface area contributed by atoms with Crippen molar-refractivity contribution in [3.8, 4) is 11.6 Å². The quantitative estimate of drug-likeness (QED) is 0.876. The molecule has 0 aliphatic rings. The van der Waals surface area contributed by atoms with Gasteiger partial charge in [-0.3, -0.25) is 0 Å². The Morgan fingerprint density at radius 1 is 1.18 bits per heavy atom. The van der Waals surface area contributed by atoms with Crippen molar-refractivity contribution in [3.05, 3.63) is 47.7 Å². The number of benzene rings is 1. The number of hydrogen-bond acceptors (Lipinski definition) is 3. The van der Waals surface area contributed by atoms with Gasteiger partial charge in [0.2, 0.25) is 5.88 Å². The maximum Gasteiger partial charge on any atom is 0.242 e. The fourth-order valence-electron chi connectivity index (χ4n) is 1.53. The molecule has 0 aliphatic heterocycles. The third kappa shape index (κ3) is 2.56. The summed E-state index contributed by atoms with van der Waals surface area (Å²) in [4.78, 5) is 4.13. The minimum absolute atomic E-state index is 0.467. The van der Waals surface area contributed by atoms with Crippen LogP contribution in [0, 0.1) is 6.92 Å². The Kier molecular flexibility index (Phi) is 3.28. The van der Waals surface area contributed by atoms with Crippen LogP contribution in [0.1, 0.15) is 18.1 Å². The van der Waals surface area contributed by atoms with Crippen LogP contribution in [0.2, 0.25) is 0 Å². The van der Waals surface area contributed by atoms with Crippen LogP contribution in [0.25, 0.3) is 0 Å². The Morgan fingerprint density at radius 3 is 2.53 bits per heavy atom. The first-order chi connectivity index (χ1) is 8.20. The van der Waals surface area contributed by atoms with Crippen LogP contribution in [0.3, 0.4) is 0 Å². The second-order valence-corrected chi connectivity index (χ2v) is 3.95. The molecule has 88 valence electrons. The van der Waals surface area contributed by atoms with Crippen LogP contribution in [0.4, 0.5) is 5.69 Å². The molecule has 0 atom stereocenters. The van der Waals surface area contributed by atoms with Crippen LogP contribution >= 0.6 is 0 Å². The minimum atomic E-state index is 0.467. The first-order valence-corrected chi connectivity index (χ1v) is 5.68. The van der Waals surface area contributed by atoms with Gasteiger partial charge in [0.05, 0.1) is 5.69 Å². The number of pyridine rings is 1. The van der Waals surface area contributed by atoms with Gasteiger partial charge in [-0.05, 0) is 42.7 Å². The molecular weight excluding hydrogens is 212 g/mol. The molecule has 1 heterocycles. The summed E-state index contributed by atoms with van der Waals surface area (Å²) >= 11 is 0. The van der Waals surface area contributed by atoms with E-state index in [1.165, 1.54) is 5.56 Å². The Labute approximate surface area is 101 Å². The SMILES string of the molecule is CCc1ccc(Oc2nccc(C)c2N)cc1. The predicted octanol–water partition coefficient (Wildman–Crippen LogP) is 3.33. The van der Waals surface area contributed by atoms with E-state index in [1.807, 2.05) is 37.3 Å². The first kappa shape index (κ1) is 11.5. The Morgan fingerprint density at radius 2 is 1.88 bits per heavy atom. The summed E-state index contributed by atoms with van der Waals surface area (Å²) in [5.74, 6) is 1.22. The third-order valence-corrected chi connectivity index (χ3v) is 2.72. The molecular formula is C14H16N2O. The first-order valence-electron chi connectivity index (χ1n) is 5.68. The Bertz CT molecular complexity index is 506. The fraction of sp³-hybridized carbons (Fsp3) is 0.214.